The first-order valence-electron chi connectivity index (χ1n) is 16.1. The number of nitrogens with zero attached hydrogens (tertiary/aromatic N) is 4. The van der Waals surface area contributed by atoms with Crippen molar-refractivity contribution in [3.05, 3.63) is 70.8 Å². The molecule has 3 atom stereocenters. The zero-order valence-corrected chi connectivity index (χ0v) is 26.7. The van der Waals surface area contributed by atoms with E-state index in [9.17, 15) is 40.7 Å². The van der Waals surface area contributed by atoms with Crippen LogP contribution in [0, 0.1) is 0 Å². The van der Waals surface area contributed by atoms with Gasteiger partial charge >= 0.3 is 18.4 Å². The average molecular weight is 700 g/mol. The molecule has 49 heavy (non-hydrogen) atoms. The van der Waals surface area contributed by atoms with Gasteiger partial charge in [-0.05, 0) is 55.1 Å². The van der Waals surface area contributed by atoms with Crippen LogP contribution in [0.4, 0.5) is 31.1 Å². The van der Waals surface area contributed by atoms with Gasteiger partial charge in [0.1, 0.15) is 18.8 Å². The summed E-state index contributed by atoms with van der Waals surface area (Å²) in [5.74, 6) is -0.643. The van der Waals surface area contributed by atoms with Crippen molar-refractivity contribution < 1.29 is 50.2 Å². The summed E-state index contributed by atoms with van der Waals surface area (Å²) in [5.41, 5.74) is 2.98. The standard InChI is InChI=1S/C33H39F6N5O5/c34-32(35,36)24-15-23(16-25(18-24)33(37,38)39)21-49-31(47)43-26(17-22-5-2-1-3-6-22)19-29(45)44-27(7-4-8-40)30(46)42(20-28(43)44)10-9-41-11-13-48-14-12-41/h1-3,5-6,15-16,18,26-28H,4,7-14,17,19-21,40H2/t26?,27-,28?/m0/s1. The summed E-state index contributed by atoms with van der Waals surface area (Å²) in [6.07, 6.45) is -11.5. The van der Waals surface area contributed by atoms with Crippen molar-refractivity contribution in [2.45, 2.75) is 62.9 Å². The highest BCUT2D eigenvalue weighted by molar-refractivity contribution is 5.91. The van der Waals surface area contributed by atoms with Crippen LogP contribution in [-0.4, -0.2) is 108 Å². The number of alkyl halides is 6. The molecule has 10 nitrogen and oxygen atoms in total. The van der Waals surface area contributed by atoms with Crippen molar-refractivity contribution in [1.29, 1.82) is 0 Å². The van der Waals surface area contributed by atoms with E-state index >= 15 is 0 Å². The van der Waals surface area contributed by atoms with E-state index in [0.717, 1.165) is 5.56 Å². The zero-order chi connectivity index (χ0) is 35.3. The summed E-state index contributed by atoms with van der Waals surface area (Å²) >= 11 is 0. The molecule has 0 radical (unpaired) electrons. The van der Waals surface area contributed by atoms with Gasteiger partial charge in [0, 0.05) is 38.6 Å². The van der Waals surface area contributed by atoms with Crippen LogP contribution >= 0.6 is 0 Å². The van der Waals surface area contributed by atoms with Gasteiger partial charge < -0.3 is 25.0 Å². The third-order valence-electron chi connectivity index (χ3n) is 9.06. The van der Waals surface area contributed by atoms with E-state index in [4.69, 9.17) is 15.2 Å². The summed E-state index contributed by atoms with van der Waals surface area (Å²) in [6, 6.07) is 8.31. The molecule has 3 heterocycles. The van der Waals surface area contributed by atoms with E-state index in [1.807, 2.05) is 12.1 Å². The fourth-order valence-electron chi connectivity index (χ4n) is 6.64. The highest BCUT2D eigenvalue weighted by Gasteiger charge is 2.52. The fraction of sp³-hybridized carbons (Fsp3) is 0.545. The Balaban J connectivity index is 1.46. The maximum atomic E-state index is 14.0. The summed E-state index contributed by atoms with van der Waals surface area (Å²) in [4.78, 5) is 48.0. The molecule has 0 aromatic heterocycles. The van der Waals surface area contributed by atoms with Gasteiger partial charge in [-0.1, -0.05) is 30.3 Å². The van der Waals surface area contributed by atoms with Gasteiger partial charge in [0.15, 0.2) is 0 Å². The molecule has 2 aromatic carbocycles. The maximum Gasteiger partial charge on any atom is 0.416 e. The lowest BCUT2D eigenvalue weighted by atomic mass is 9.93. The van der Waals surface area contributed by atoms with Gasteiger partial charge in [-0.3, -0.25) is 19.4 Å². The number of halogens is 6. The quantitative estimate of drug-likeness (QED) is 0.372. The predicted octanol–water partition coefficient (Wildman–Crippen LogP) is 4.11. The second-order valence-corrected chi connectivity index (χ2v) is 12.4. The number of amides is 3. The lowest BCUT2D eigenvalue weighted by Gasteiger charge is -2.54. The highest BCUT2D eigenvalue weighted by Crippen LogP contribution is 2.37. The molecule has 3 amide bonds. The topological polar surface area (TPSA) is 109 Å². The van der Waals surface area contributed by atoms with E-state index in [0.29, 0.717) is 57.9 Å². The number of morpholine rings is 1. The van der Waals surface area contributed by atoms with Crippen LogP contribution in [0.2, 0.25) is 0 Å². The van der Waals surface area contributed by atoms with Gasteiger partial charge in [-0.15, -0.1) is 0 Å². The summed E-state index contributed by atoms with van der Waals surface area (Å²) in [6.45, 7) is 2.58. The number of hydrogen-bond acceptors (Lipinski definition) is 7. The average Bonchev–Trinajstić information content (AvgIpc) is 3.06. The summed E-state index contributed by atoms with van der Waals surface area (Å²) in [7, 11) is 0. The number of fused-ring (bicyclic) bond motifs is 1. The van der Waals surface area contributed by atoms with E-state index < -0.39 is 60.0 Å². The minimum atomic E-state index is -5.08. The van der Waals surface area contributed by atoms with E-state index in [1.165, 1.54) is 9.80 Å². The molecule has 2 unspecified atom stereocenters. The number of piperazine rings is 1. The second kappa shape index (κ2) is 15.3. The van der Waals surface area contributed by atoms with Gasteiger partial charge in [-0.25, -0.2) is 4.79 Å². The molecule has 3 aliphatic rings. The van der Waals surface area contributed by atoms with Crippen LogP contribution in [0.3, 0.4) is 0 Å². The van der Waals surface area contributed by atoms with Crippen LogP contribution in [0.25, 0.3) is 0 Å². The number of rotatable bonds is 10. The number of hydrogen-bond donors (Lipinski definition) is 1. The smallest absolute Gasteiger partial charge is 0.416 e. The zero-order valence-electron chi connectivity index (χ0n) is 26.7. The Hall–Kier alpha value is -3.89. The Labute approximate surface area is 279 Å². The Bertz CT molecular complexity index is 1440. The predicted molar refractivity (Wildman–Crippen MR) is 164 cm³/mol. The fourth-order valence-corrected chi connectivity index (χ4v) is 6.64. The summed E-state index contributed by atoms with van der Waals surface area (Å²) < 4.78 is 91.9. The molecule has 0 bridgehead atoms. The van der Waals surface area contributed by atoms with E-state index in [2.05, 4.69) is 4.90 Å². The summed E-state index contributed by atoms with van der Waals surface area (Å²) in [5, 5.41) is 0. The molecule has 16 heteroatoms. The molecule has 5 rings (SSSR count). The Morgan fingerprint density at radius 3 is 2.18 bits per heavy atom. The van der Waals surface area contributed by atoms with Crippen molar-refractivity contribution in [3.63, 3.8) is 0 Å². The molecule has 2 aromatic rings. The highest BCUT2D eigenvalue weighted by atomic mass is 19.4. The molecule has 2 N–H and O–H groups in total. The number of ether oxygens (including phenoxy) is 2. The molecule has 3 aliphatic heterocycles. The largest absolute Gasteiger partial charge is 0.444 e. The van der Waals surface area contributed by atoms with Crippen LogP contribution in [0.15, 0.2) is 48.5 Å². The normalized spacial score (nSPS) is 22.3. The van der Waals surface area contributed by atoms with Crippen molar-refractivity contribution in [2.75, 3.05) is 52.5 Å². The molecule has 0 aliphatic carbocycles. The monoisotopic (exact) mass is 699 g/mol. The second-order valence-electron chi connectivity index (χ2n) is 12.4. The first-order chi connectivity index (χ1) is 23.3. The third-order valence-corrected chi connectivity index (χ3v) is 9.06. The molecule has 3 fully saturated rings. The minimum absolute atomic E-state index is 0.00135. The Morgan fingerprint density at radius 1 is 0.918 bits per heavy atom. The number of carbonyl (C=O) groups is 3. The van der Waals surface area contributed by atoms with Crippen LogP contribution < -0.4 is 5.73 Å². The molecule has 3 saturated heterocycles. The molecule has 268 valence electrons. The maximum absolute atomic E-state index is 14.0. The van der Waals surface area contributed by atoms with Crippen molar-refractivity contribution in [2.24, 2.45) is 5.73 Å². The lowest BCUT2D eigenvalue weighted by Crippen LogP contribution is -2.73. The Morgan fingerprint density at radius 2 is 1.57 bits per heavy atom. The minimum Gasteiger partial charge on any atom is -0.444 e. The first-order valence-corrected chi connectivity index (χ1v) is 16.1. The number of carbonyl (C=O) groups excluding carboxylic acids is 3. The Kier molecular flexibility index (Phi) is 11.4. The number of nitrogens with two attached hydrogens (primary N) is 1. The number of benzene rings is 2. The third kappa shape index (κ3) is 8.83. The van der Waals surface area contributed by atoms with E-state index in [1.54, 1.807) is 23.1 Å². The van der Waals surface area contributed by atoms with Gasteiger partial charge in [0.2, 0.25) is 11.8 Å². The molecular formula is C33H39F6N5O5. The van der Waals surface area contributed by atoms with Crippen molar-refractivity contribution >= 4 is 17.9 Å². The SMILES string of the molecule is NCCC[C@H]1C(=O)N(CCN2CCOCC2)CC2N(C(=O)OCc3cc(C(F)(F)F)cc(C(F)(F)F)c3)C(Cc3ccccc3)CC(=O)N21. The van der Waals surface area contributed by atoms with Crippen molar-refractivity contribution in [3.8, 4) is 0 Å². The van der Waals surface area contributed by atoms with Crippen LogP contribution in [0.1, 0.15) is 41.5 Å². The van der Waals surface area contributed by atoms with E-state index in [-0.39, 0.29) is 50.2 Å². The van der Waals surface area contributed by atoms with Gasteiger partial charge in [0.05, 0.1) is 30.9 Å². The molecule has 0 spiro atoms. The van der Waals surface area contributed by atoms with Gasteiger partial charge in [-0.2, -0.15) is 26.3 Å². The van der Waals surface area contributed by atoms with Gasteiger partial charge in [0.25, 0.3) is 0 Å². The molecular weight excluding hydrogens is 660 g/mol. The first kappa shape index (κ1) is 36.4. The van der Waals surface area contributed by atoms with Crippen LogP contribution in [-0.2, 0) is 44.4 Å². The van der Waals surface area contributed by atoms with Crippen molar-refractivity contribution in [1.82, 2.24) is 19.6 Å². The molecule has 0 saturated carbocycles. The lowest BCUT2D eigenvalue weighted by molar-refractivity contribution is -0.172. The van der Waals surface area contributed by atoms with Crippen LogP contribution in [0.5, 0.6) is 0 Å².